The molecular weight excluding hydrogens is 288 g/mol. The molecule has 1 aromatic rings. The number of aryl methyl sites for hydroxylation is 1. The average Bonchev–Trinajstić information content (AvgIpc) is 2.32. The van der Waals surface area contributed by atoms with Crippen LogP contribution in [0.4, 0.5) is 4.79 Å². The number of carbonyl (C=O) groups excluding carboxylic acids is 2. The van der Waals surface area contributed by atoms with E-state index in [1.54, 1.807) is 32.9 Å². The Labute approximate surface area is 130 Å². The van der Waals surface area contributed by atoms with Crippen molar-refractivity contribution in [1.29, 1.82) is 0 Å². The summed E-state index contributed by atoms with van der Waals surface area (Å²) in [6, 6.07) is 3.44. The molecule has 0 saturated carbocycles. The molecular formula is C15H22N2O3S. The fourth-order valence-corrected chi connectivity index (χ4v) is 1.99. The highest BCUT2D eigenvalue weighted by Gasteiger charge is 2.15. The number of alkyl carbamates (subject to hydrolysis) is 1. The molecule has 0 aliphatic heterocycles. The SMILES string of the molecule is Cc1[nH]c(=S)ccc1C(=O)CCCNC(=O)OC(C)(C)C. The number of rotatable bonds is 5. The summed E-state index contributed by atoms with van der Waals surface area (Å²) >= 11 is 5.00. The summed E-state index contributed by atoms with van der Waals surface area (Å²) in [7, 11) is 0. The molecule has 0 aromatic carbocycles. The molecule has 0 aliphatic rings. The molecule has 5 nitrogen and oxygen atoms in total. The Morgan fingerprint density at radius 1 is 1.33 bits per heavy atom. The van der Waals surface area contributed by atoms with E-state index in [9.17, 15) is 9.59 Å². The molecule has 116 valence electrons. The first-order chi connectivity index (χ1) is 9.69. The van der Waals surface area contributed by atoms with Crippen molar-refractivity contribution in [3.63, 3.8) is 0 Å². The number of ketones is 1. The van der Waals surface area contributed by atoms with Crippen LogP contribution in [0, 0.1) is 11.6 Å². The number of ether oxygens (including phenoxy) is 1. The van der Waals surface area contributed by atoms with E-state index in [1.807, 2.05) is 6.92 Å². The summed E-state index contributed by atoms with van der Waals surface area (Å²) in [6.45, 7) is 7.64. The van der Waals surface area contributed by atoms with E-state index in [0.29, 0.717) is 29.6 Å². The van der Waals surface area contributed by atoms with Gasteiger partial charge in [-0.3, -0.25) is 4.79 Å². The second-order valence-corrected chi connectivity index (χ2v) is 6.26. The minimum absolute atomic E-state index is 0.0322. The van der Waals surface area contributed by atoms with E-state index in [-0.39, 0.29) is 5.78 Å². The van der Waals surface area contributed by atoms with Crippen molar-refractivity contribution in [2.24, 2.45) is 0 Å². The highest BCUT2D eigenvalue weighted by molar-refractivity contribution is 7.71. The molecule has 1 rings (SSSR count). The van der Waals surface area contributed by atoms with Gasteiger partial charge in [0.25, 0.3) is 0 Å². The van der Waals surface area contributed by atoms with Crippen molar-refractivity contribution in [1.82, 2.24) is 10.3 Å². The Bertz CT molecular complexity index is 573. The summed E-state index contributed by atoms with van der Waals surface area (Å²) in [6.07, 6.45) is 0.462. The Kier molecular flexibility index (Phi) is 6.08. The number of pyridine rings is 1. The van der Waals surface area contributed by atoms with Gasteiger partial charge >= 0.3 is 6.09 Å². The second-order valence-electron chi connectivity index (χ2n) is 5.82. The quantitative estimate of drug-likeness (QED) is 0.496. The number of hydrogen-bond acceptors (Lipinski definition) is 4. The molecule has 0 unspecified atom stereocenters. The van der Waals surface area contributed by atoms with E-state index in [1.165, 1.54) is 0 Å². The number of aromatic nitrogens is 1. The van der Waals surface area contributed by atoms with Crippen molar-refractivity contribution in [3.8, 4) is 0 Å². The van der Waals surface area contributed by atoms with Crippen LogP contribution in [0.15, 0.2) is 12.1 Å². The van der Waals surface area contributed by atoms with Gasteiger partial charge in [0.05, 0.1) is 0 Å². The van der Waals surface area contributed by atoms with Gasteiger partial charge in [0.2, 0.25) is 0 Å². The molecule has 0 bridgehead atoms. The zero-order valence-corrected chi connectivity index (χ0v) is 13.7. The second kappa shape index (κ2) is 7.36. The van der Waals surface area contributed by atoms with Gasteiger partial charge in [0.15, 0.2) is 5.78 Å². The molecule has 21 heavy (non-hydrogen) atoms. The van der Waals surface area contributed by atoms with Gasteiger partial charge in [-0.25, -0.2) is 4.79 Å². The van der Waals surface area contributed by atoms with Crippen LogP contribution in [0.2, 0.25) is 0 Å². The number of nitrogens with one attached hydrogen (secondary N) is 2. The smallest absolute Gasteiger partial charge is 0.407 e. The topological polar surface area (TPSA) is 71.2 Å². The molecule has 1 aromatic heterocycles. The molecule has 0 radical (unpaired) electrons. The van der Waals surface area contributed by atoms with E-state index in [2.05, 4.69) is 10.3 Å². The van der Waals surface area contributed by atoms with Crippen LogP contribution in [0.1, 0.15) is 49.7 Å². The maximum atomic E-state index is 12.1. The van der Waals surface area contributed by atoms with Gasteiger partial charge in [-0.1, -0.05) is 12.2 Å². The van der Waals surface area contributed by atoms with Crippen molar-refractivity contribution in [2.75, 3.05) is 6.54 Å². The fourth-order valence-electron chi connectivity index (χ4n) is 1.77. The minimum atomic E-state index is -0.515. The first-order valence-corrected chi connectivity index (χ1v) is 7.30. The zero-order valence-electron chi connectivity index (χ0n) is 12.9. The molecule has 0 atom stereocenters. The van der Waals surface area contributed by atoms with Crippen LogP contribution in [0.25, 0.3) is 0 Å². The number of hydrogen-bond donors (Lipinski definition) is 2. The number of carbonyl (C=O) groups is 2. The van der Waals surface area contributed by atoms with Gasteiger partial charge in [0, 0.05) is 24.2 Å². The molecule has 1 amide bonds. The third-order valence-electron chi connectivity index (χ3n) is 2.67. The number of amides is 1. The van der Waals surface area contributed by atoms with E-state index in [4.69, 9.17) is 17.0 Å². The summed E-state index contributed by atoms with van der Waals surface area (Å²) in [5.74, 6) is 0.0322. The lowest BCUT2D eigenvalue weighted by atomic mass is 10.1. The molecule has 0 aliphatic carbocycles. The maximum Gasteiger partial charge on any atom is 0.407 e. The summed E-state index contributed by atoms with van der Waals surface area (Å²) in [5.41, 5.74) is 0.896. The molecule has 0 fully saturated rings. The summed E-state index contributed by atoms with van der Waals surface area (Å²) in [5, 5.41) is 2.63. The predicted octanol–water partition coefficient (Wildman–Crippen LogP) is 3.54. The van der Waals surface area contributed by atoms with E-state index in [0.717, 1.165) is 5.69 Å². The fraction of sp³-hybridized carbons (Fsp3) is 0.533. The van der Waals surface area contributed by atoms with Gasteiger partial charge in [-0.05, 0) is 46.2 Å². The van der Waals surface area contributed by atoms with Crippen molar-refractivity contribution >= 4 is 24.1 Å². The Balaban J connectivity index is 2.37. The van der Waals surface area contributed by atoms with Crippen molar-refractivity contribution in [2.45, 2.75) is 46.1 Å². The average molecular weight is 310 g/mol. The number of H-pyrrole nitrogens is 1. The maximum absolute atomic E-state index is 12.1. The lowest BCUT2D eigenvalue weighted by Gasteiger charge is -2.19. The summed E-state index contributed by atoms with van der Waals surface area (Å²) in [4.78, 5) is 26.4. The van der Waals surface area contributed by atoms with E-state index >= 15 is 0 Å². The van der Waals surface area contributed by atoms with Gasteiger partial charge < -0.3 is 15.0 Å². The van der Waals surface area contributed by atoms with Crippen LogP contribution in [0.5, 0.6) is 0 Å². The minimum Gasteiger partial charge on any atom is -0.444 e. The first kappa shape index (κ1) is 17.4. The van der Waals surface area contributed by atoms with Gasteiger partial charge in [-0.2, -0.15) is 0 Å². The zero-order chi connectivity index (χ0) is 16.0. The molecule has 2 N–H and O–H groups in total. The van der Waals surface area contributed by atoms with Crippen LogP contribution >= 0.6 is 12.2 Å². The predicted molar refractivity (Wildman–Crippen MR) is 84.2 cm³/mol. The standard InChI is InChI=1S/C15H22N2O3S/c1-10-11(7-8-13(21)17-10)12(18)6-5-9-16-14(19)20-15(2,3)4/h7-8H,5-6,9H2,1-4H3,(H,16,19)(H,17,21). The highest BCUT2D eigenvalue weighted by atomic mass is 32.1. The first-order valence-electron chi connectivity index (χ1n) is 6.89. The molecule has 0 spiro atoms. The Hall–Kier alpha value is -1.69. The van der Waals surface area contributed by atoms with E-state index < -0.39 is 11.7 Å². The number of Topliss-reactive ketones (excluding diaryl/α,β-unsaturated/α-hetero) is 1. The third kappa shape index (κ3) is 6.53. The molecule has 1 heterocycles. The largest absolute Gasteiger partial charge is 0.444 e. The van der Waals surface area contributed by atoms with Crippen molar-refractivity contribution in [3.05, 3.63) is 28.0 Å². The normalized spacial score (nSPS) is 11.0. The third-order valence-corrected chi connectivity index (χ3v) is 2.90. The van der Waals surface area contributed by atoms with Crippen LogP contribution in [-0.2, 0) is 4.74 Å². The summed E-state index contributed by atoms with van der Waals surface area (Å²) < 4.78 is 5.72. The highest BCUT2D eigenvalue weighted by Crippen LogP contribution is 2.10. The van der Waals surface area contributed by atoms with Gasteiger partial charge in [0.1, 0.15) is 10.2 Å². The van der Waals surface area contributed by atoms with Gasteiger partial charge in [-0.15, -0.1) is 0 Å². The van der Waals surface area contributed by atoms with Crippen molar-refractivity contribution < 1.29 is 14.3 Å². The van der Waals surface area contributed by atoms with Crippen LogP contribution < -0.4 is 5.32 Å². The molecule has 0 saturated heterocycles. The number of aromatic amines is 1. The van der Waals surface area contributed by atoms with Crippen LogP contribution in [-0.4, -0.2) is 29.0 Å². The lowest BCUT2D eigenvalue weighted by Crippen LogP contribution is -2.33. The molecule has 6 heteroatoms. The monoisotopic (exact) mass is 310 g/mol. The Morgan fingerprint density at radius 3 is 2.57 bits per heavy atom. The lowest BCUT2D eigenvalue weighted by molar-refractivity contribution is 0.0525. The van der Waals surface area contributed by atoms with Crippen LogP contribution in [0.3, 0.4) is 0 Å². The Morgan fingerprint density at radius 2 is 2.00 bits per heavy atom.